The van der Waals surface area contributed by atoms with Crippen LogP contribution < -0.4 is 15.4 Å². The standard InChI is InChI=1S/C13H22N4O/c1-4-6-13(14)8-17(9-13)12-15-7-5-11(16-12)18-10(2)3/h5,7,10H,4,6,8-9,14H2,1-3H3. The summed E-state index contributed by atoms with van der Waals surface area (Å²) in [7, 11) is 0. The lowest BCUT2D eigenvalue weighted by atomic mass is 9.87. The van der Waals surface area contributed by atoms with Crippen LogP contribution in [0.3, 0.4) is 0 Å². The Labute approximate surface area is 108 Å². The maximum Gasteiger partial charge on any atom is 0.228 e. The number of nitrogens with two attached hydrogens (primary N) is 1. The minimum atomic E-state index is -0.0625. The molecule has 100 valence electrons. The van der Waals surface area contributed by atoms with Crippen molar-refractivity contribution in [3.8, 4) is 5.88 Å². The Morgan fingerprint density at radius 2 is 2.22 bits per heavy atom. The largest absolute Gasteiger partial charge is 0.475 e. The van der Waals surface area contributed by atoms with E-state index in [-0.39, 0.29) is 11.6 Å². The lowest BCUT2D eigenvalue weighted by Gasteiger charge is -2.47. The summed E-state index contributed by atoms with van der Waals surface area (Å²) in [5.41, 5.74) is 6.17. The van der Waals surface area contributed by atoms with Gasteiger partial charge in [0.1, 0.15) is 0 Å². The zero-order valence-corrected chi connectivity index (χ0v) is 11.4. The summed E-state index contributed by atoms with van der Waals surface area (Å²) in [5.74, 6) is 1.34. The molecule has 0 atom stereocenters. The van der Waals surface area contributed by atoms with Gasteiger partial charge < -0.3 is 15.4 Å². The second-order valence-electron chi connectivity index (χ2n) is 5.33. The lowest BCUT2D eigenvalue weighted by molar-refractivity contribution is 0.231. The molecule has 2 N–H and O–H groups in total. The van der Waals surface area contributed by atoms with Crippen LogP contribution in [0.5, 0.6) is 5.88 Å². The highest BCUT2D eigenvalue weighted by Crippen LogP contribution is 2.27. The van der Waals surface area contributed by atoms with E-state index in [9.17, 15) is 0 Å². The molecule has 2 heterocycles. The van der Waals surface area contributed by atoms with Gasteiger partial charge >= 0.3 is 0 Å². The predicted octanol–water partition coefficient (Wildman–Crippen LogP) is 1.58. The fourth-order valence-electron chi connectivity index (χ4n) is 2.30. The van der Waals surface area contributed by atoms with Gasteiger partial charge in [0.15, 0.2) is 0 Å². The summed E-state index contributed by atoms with van der Waals surface area (Å²) in [4.78, 5) is 10.8. The van der Waals surface area contributed by atoms with Crippen LogP contribution in [0.2, 0.25) is 0 Å². The van der Waals surface area contributed by atoms with Crippen LogP contribution in [-0.2, 0) is 0 Å². The lowest BCUT2D eigenvalue weighted by Crippen LogP contribution is -2.67. The first kappa shape index (κ1) is 13.1. The second-order valence-corrected chi connectivity index (χ2v) is 5.33. The molecule has 1 aliphatic rings. The van der Waals surface area contributed by atoms with E-state index in [1.807, 2.05) is 13.8 Å². The van der Waals surface area contributed by atoms with Crippen molar-refractivity contribution in [2.75, 3.05) is 18.0 Å². The normalized spacial score (nSPS) is 17.7. The van der Waals surface area contributed by atoms with E-state index < -0.39 is 0 Å². The van der Waals surface area contributed by atoms with E-state index in [0.29, 0.717) is 11.8 Å². The van der Waals surface area contributed by atoms with Crippen LogP contribution in [0.25, 0.3) is 0 Å². The van der Waals surface area contributed by atoms with Gasteiger partial charge in [0, 0.05) is 25.4 Å². The van der Waals surface area contributed by atoms with Gasteiger partial charge in [-0.15, -0.1) is 0 Å². The van der Waals surface area contributed by atoms with Crippen LogP contribution in [0, 0.1) is 0 Å². The van der Waals surface area contributed by atoms with Crippen molar-refractivity contribution in [3.05, 3.63) is 12.3 Å². The first-order valence-corrected chi connectivity index (χ1v) is 6.56. The van der Waals surface area contributed by atoms with E-state index in [2.05, 4.69) is 21.8 Å². The van der Waals surface area contributed by atoms with Crippen molar-refractivity contribution in [1.82, 2.24) is 9.97 Å². The molecule has 1 aromatic heterocycles. The van der Waals surface area contributed by atoms with Gasteiger partial charge in [0.2, 0.25) is 11.8 Å². The number of rotatable bonds is 5. The molecule has 1 saturated heterocycles. The van der Waals surface area contributed by atoms with Gasteiger partial charge in [-0.25, -0.2) is 4.98 Å². The summed E-state index contributed by atoms with van der Waals surface area (Å²) in [6.07, 6.45) is 4.02. The molecule has 0 amide bonds. The molecule has 0 saturated carbocycles. The molecule has 0 bridgehead atoms. The van der Waals surface area contributed by atoms with E-state index in [1.54, 1.807) is 12.3 Å². The third kappa shape index (κ3) is 2.90. The highest BCUT2D eigenvalue weighted by Gasteiger charge is 2.39. The molecule has 0 aliphatic carbocycles. The van der Waals surface area contributed by atoms with Gasteiger partial charge in [-0.3, -0.25) is 0 Å². The van der Waals surface area contributed by atoms with E-state index in [1.165, 1.54) is 0 Å². The summed E-state index contributed by atoms with van der Waals surface area (Å²) < 4.78 is 5.56. The average Bonchev–Trinajstić information content (AvgIpc) is 2.25. The minimum absolute atomic E-state index is 0.0625. The zero-order valence-electron chi connectivity index (χ0n) is 11.4. The predicted molar refractivity (Wildman–Crippen MR) is 71.8 cm³/mol. The highest BCUT2D eigenvalue weighted by atomic mass is 16.5. The van der Waals surface area contributed by atoms with Crippen molar-refractivity contribution in [3.63, 3.8) is 0 Å². The van der Waals surface area contributed by atoms with Crippen molar-refractivity contribution >= 4 is 5.95 Å². The van der Waals surface area contributed by atoms with Crippen molar-refractivity contribution in [2.45, 2.75) is 45.3 Å². The molecule has 0 aromatic carbocycles. The molecule has 1 aliphatic heterocycles. The van der Waals surface area contributed by atoms with Crippen LogP contribution in [0.4, 0.5) is 5.95 Å². The molecule has 5 nitrogen and oxygen atoms in total. The zero-order chi connectivity index (χ0) is 13.2. The smallest absolute Gasteiger partial charge is 0.228 e. The molecular formula is C13H22N4O. The third-order valence-electron chi connectivity index (χ3n) is 3.02. The number of anilines is 1. The highest BCUT2D eigenvalue weighted by molar-refractivity contribution is 5.39. The van der Waals surface area contributed by atoms with Gasteiger partial charge in [-0.05, 0) is 20.3 Å². The Bertz CT molecular complexity index is 402. The Morgan fingerprint density at radius 1 is 1.50 bits per heavy atom. The van der Waals surface area contributed by atoms with Crippen LogP contribution in [0.15, 0.2) is 12.3 Å². The number of ether oxygens (including phenoxy) is 1. The van der Waals surface area contributed by atoms with Crippen LogP contribution >= 0.6 is 0 Å². The van der Waals surface area contributed by atoms with Crippen LogP contribution in [-0.4, -0.2) is 34.7 Å². The molecule has 5 heteroatoms. The minimum Gasteiger partial charge on any atom is -0.475 e. The molecule has 1 aromatic rings. The van der Waals surface area contributed by atoms with Crippen LogP contribution in [0.1, 0.15) is 33.6 Å². The molecule has 1 fully saturated rings. The molecule has 2 rings (SSSR count). The molecular weight excluding hydrogens is 228 g/mol. The monoisotopic (exact) mass is 250 g/mol. The molecule has 0 spiro atoms. The number of hydrogen-bond acceptors (Lipinski definition) is 5. The first-order chi connectivity index (χ1) is 8.52. The van der Waals surface area contributed by atoms with E-state index in [0.717, 1.165) is 25.9 Å². The van der Waals surface area contributed by atoms with Gasteiger partial charge in [0.05, 0.1) is 11.6 Å². The maximum absolute atomic E-state index is 6.23. The second kappa shape index (κ2) is 5.10. The fraction of sp³-hybridized carbons (Fsp3) is 0.692. The Kier molecular flexibility index (Phi) is 3.71. The molecule has 0 unspecified atom stereocenters. The summed E-state index contributed by atoms with van der Waals surface area (Å²) in [6.45, 7) is 7.78. The van der Waals surface area contributed by atoms with E-state index >= 15 is 0 Å². The van der Waals surface area contributed by atoms with Gasteiger partial charge in [0.25, 0.3) is 0 Å². The third-order valence-corrected chi connectivity index (χ3v) is 3.02. The van der Waals surface area contributed by atoms with E-state index in [4.69, 9.17) is 10.5 Å². The Morgan fingerprint density at radius 3 is 2.83 bits per heavy atom. The van der Waals surface area contributed by atoms with Gasteiger partial charge in [-0.2, -0.15) is 4.98 Å². The number of aromatic nitrogens is 2. The SMILES string of the molecule is CCCC1(N)CN(c2nccc(OC(C)C)n2)C1. The van der Waals surface area contributed by atoms with Crippen molar-refractivity contribution in [2.24, 2.45) is 5.73 Å². The number of nitrogens with zero attached hydrogens (tertiary/aromatic N) is 3. The maximum atomic E-state index is 6.23. The van der Waals surface area contributed by atoms with Gasteiger partial charge in [-0.1, -0.05) is 13.3 Å². The van der Waals surface area contributed by atoms with Crippen molar-refractivity contribution < 1.29 is 4.74 Å². The fourth-order valence-corrected chi connectivity index (χ4v) is 2.30. The average molecular weight is 250 g/mol. The first-order valence-electron chi connectivity index (χ1n) is 6.56. The topological polar surface area (TPSA) is 64.3 Å². The quantitative estimate of drug-likeness (QED) is 0.859. The Hall–Kier alpha value is -1.36. The Balaban J connectivity index is 1.99. The molecule has 18 heavy (non-hydrogen) atoms. The number of hydrogen-bond donors (Lipinski definition) is 1. The molecule has 0 radical (unpaired) electrons. The summed E-state index contributed by atoms with van der Waals surface area (Å²) in [5, 5.41) is 0. The summed E-state index contributed by atoms with van der Waals surface area (Å²) in [6, 6.07) is 1.78. The summed E-state index contributed by atoms with van der Waals surface area (Å²) >= 11 is 0. The van der Waals surface area contributed by atoms with Crippen molar-refractivity contribution in [1.29, 1.82) is 0 Å².